The smallest absolute Gasteiger partial charge is 0.433 e. The zero-order valence-corrected chi connectivity index (χ0v) is 8.14. The number of hydrogen-bond acceptors (Lipinski definition) is 3. The number of hydrogen-bond donors (Lipinski definition) is 0. The van der Waals surface area contributed by atoms with Crippen molar-refractivity contribution < 1.29 is 27.1 Å². The van der Waals surface area contributed by atoms with E-state index in [0.29, 0.717) is 12.3 Å². The Kier molecular flexibility index (Phi) is 3.46. The minimum Gasteiger partial charge on any atom is -0.469 e. The van der Waals surface area contributed by atoms with Crippen LogP contribution in [0.4, 0.5) is 17.6 Å². The average Bonchev–Trinajstić information content (AvgIpc) is 2.19. The number of ether oxygens (including phenoxy) is 1. The second-order valence-corrected chi connectivity index (χ2v) is 2.91. The van der Waals surface area contributed by atoms with Crippen molar-refractivity contribution >= 4 is 5.97 Å². The van der Waals surface area contributed by atoms with Gasteiger partial charge in [-0.2, -0.15) is 13.2 Å². The molecule has 0 aliphatic carbocycles. The first-order chi connectivity index (χ1) is 7.34. The van der Waals surface area contributed by atoms with Gasteiger partial charge in [0.15, 0.2) is 0 Å². The van der Waals surface area contributed by atoms with Gasteiger partial charge in [0, 0.05) is 5.56 Å². The van der Waals surface area contributed by atoms with Gasteiger partial charge >= 0.3 is 12.1 Å². The van der Waals surface area contributed by atoms with Crippen molar-refractivity contribution in [2.24, 2.45) is 0 Å². The summed E-state index contributed by atoms with van der Waals surface area (Å²) in [4.78, 5) is 13.7. The van der Waals surface area contributed by atoms with Crippen molar-refractivity contribution in [2.45, 2.75) is 12.6 Å². The van der Waals surface area contributed by atoms with Gasteiger partial charge in [-0.15, -0.1) is 0 Å². The number of rotatable bonds is 2. The molecule has 88 valence electrons. The Labute approximate surface area is 88.0 Å². The molecule has 0 fully saturated rings. The molecule has 0 bridgehead atoms. The van der Waals surface area contributed by atoms with Gasteiger partial charge < -0.3 is 4.74 Å². The van der Waals surface area contributed by atoms with Crippen molar-refractivity contribution in [3.63, 3.8) is 0 Å². The van der Waals surface area contributed by atoms with Crippen molar-refractivity contribution in [1.82, 2.24) is 4.98 Å². The maximum absolute atomic E-state index is 13.0. The number of esters is 1. The highest BCUT2D eigenvalue weighted by Crippen LogP contribution is 2.28. The molecule has 0 atom stereocenters. The lowest BCUT2D eigenvalue weighted by Gasteiger charge is -2.07. The van der Waals surface area contributed by atoms with Gasteiger partial charge in [-0.1, -0.05) is 0 Å². The Bertz CT molecular complexity index is 403. The summed E-state index contributed by atoms with van der Waals surface area (Å²) < 4.78 is 53.9. The highest BCUT2D eigenvalue weighted by atomic mass is 19.4. The first-order valence-corrected chi connectivity index (χ1v) is 4.13. The molecule has 0 radical (unpaired) electrons. The monoisotopic (exact) mass is 237 g/mol. The quantitative estimate of drug-likeness (QED) is 0.583. The molecular formula is C9H7F4NO2. The molecule has 0 aliphatic rings. The second kappa shape index (κ2) is 4.46. The third-order valence-electron chi connectivity index (χ3n) is 1.79. The van der Waals surface area contributed by atoms with Crippen LogP contribution in [0.25, 0.3) is 0 Å². The molecule has 0 aromatic carbocycles. The fraction of sp³-hybridized carbons (Fsp3) is 0.333. The van der Waals surface area contributed by atoms with Crippen molar-refractivity contribution in [3.8, 4) is 0 Å². The normalized spacial score (nSPS) is 11.3. The van der Waals surface area contributed by atoms with Crippen LogP contribution in [0, 0.1) is 5.82 Å². The number of alkyl halides is 3. The molecule has 1 heterocycles. The number of carbonyl (C=O) groups excluding carboxylic acids is 1. The zero-order valence-electron chi connectivity index (χ0n) is 8.14. The van der Waals surface area contributed by atoms with Crippen LogP contribution in [0.15, 0.2) is 12.3 Å². The lowest BCUT2D eigenvalue weighted by molar-refractivity contribution is -0.142. The van der Waals surface area contributed by atoms with Gasteiger partial charge in [0.05, 0.1) is 19.7 Å². The molecule has 1 aromatic heterocycles. The molecular weight excluding hydrogens is 230 g/mol. The van der Waals surface area contributed by atoms with Gasteiger partial charge in [0.1, 0.15) is 11.5 Å². The lowest BCUT2D eigenvalue weighted by atomic mass is 10.1. The maximum Gasteiger partial charge on any atom is 0.433 e. The molecule has 0 unspecified atom stereocenters. The fourth-order valence-electron chi connectivity index (χ4n) is 0.999. The van der Waals surface area contributed by atoms with Crippen LogP contribution in [0.2, 0.25) is 0 Å². The van der Waals surface area contributed by atoms with Crippen LogP contribution in [-0.2, 0) is 22.1 Å². The van der Waals surface area contributed by atoms with Crippen molar-refractivity contribution in [2.75, 3.05) is 7.11 Å². The molecule has 0 N–H and O–H groups in total. The van der Waals surface area contributed by atoms with E-state index in [1.807, 2.05) is 0 Å². The molecule has 0 spiro atoms. The van der Waals surface area contributed by atoms with Crippen LogP contribution in [0.3, 0.4) is 0 Å². The van der Waals surface area contributed by atoms with E-state index in [2.05, 4.69) is 9.72 Å². The van der Waals surface area contributed by atoms with Crippen LogP contribution in [0.1, 0.15) is 11.3 Å². The van der Waals surface area contributed by atoms with E-state index in [4.69, 9.17) is 0 Å². The van der Waals surface area contributed by atoms with Crippen LogP contribution < -0.4 is 0 Å². The summed E-state index contributed by atoms with van der Waals surface area (Å²) in [7, 11) is 1.06. The van der Waals surface area contributed by atoms with Gasteiger partial charge in [-0.3, -0.25) is 4.79 Å². The number of aromatic nitrogens is 1. The summed E-state index contributed by atoms with van der Waals surface area (Å²) >= 11 is 0. The molecule has 1 aromatic rings. The number of methoxy groups -OCH3 is 1. The van der Waals surface area contributed by atoms with Crippen LogP contribution >= 0.6 is 0 Å². The van der Waals surface area contributed by atoms with E-state index in [9.17, 15) is 22.4 Å². The first-order valence-electron chi connectivity index (χ1n) is 4.13. The Morgan fingerprint density at radius 3 is 2.62 bits per heavy atom. The number of nitrogens with zero attached hydrogens (tertiary/aromatic N) is 1. The third-order valence-corrected chi connectivity index (χ3v) is 1.79. The van der Waals surface area contributed by atoms with E-state index in [1.165, 1.54) is 0 Å². The van der Waals surface area contributed by atoms with Gasteiger partial charge in [-0.05, 0) is 6.07 Å². The molecule has 0 saturated carbocycles. The summed E-state index contributed by atoms with van der Waals surface area (Å²) in [6.07, 6.45) is -4.80. The predicted molar refractivity (Wildman–Crippen MR) is 44.9 cm³/mol. The van der Waals surface area contributed by atoms with E-state index in [0.717, 1.165) is 7.11 Å². The Morgan fingerprint density at radius 1 is 1.50 bits per heavy atom. The summed E-state index contributed by atoms with van der Waals surface area (Å²) in [5.74, 6) is -1.79. The maximum atomic E-state index is 13.0. The molecule has 7 heteroatoms. The molecule has 0 saturated heterocycles. The predicted octanol–water partition coefficient (Wildman–Crippen LogP) is 1.96. The zero-order chi connectivity index (χ0) is 12.3. The summed E-state index contributed by atoms with van der Waals surface area (Å²) in [6, 6.07) is 0.492. The second-order valence-electron chi connectivity index (χ2n) is 2.91. The molecule has 1 rings (SSSR count). The first kappa shape index (κ1) is 12.4. The van der Waals surface area contributed by atoms with E-state index >= 15 is 0 Å². The van der Waals surface area contributed by atoms with Crippen molar-refractivity contribution in [1.29, 1.82) is 0 Å². The van der Waals surface area contributed by atoms with Crippen LogP contribution in [0.5, 0.6) is 0 Å². The van der Waals surface area contributed by atoms with Gasteiger partial charge in [0.2, 0.25) is 0 Å². The Hall–Kier alpha value is -1.66. The topological polar surface area (TPSA) is 39.2 Å². The molecule has 16 heavy (non-hydrogen) atoms. The highest BCUT2D eigenvalue weighted by molar-refractivity contribution is 5.72. The minimum absolute atomic E-state index is 0.394. The van der Waals surface area contributed by atoms with Crippen molar-refractivity contribution in [3.05, 3.63) is 29.3 Å². The number of halogens is 4. The summed E-state index contributed by atoms with van der Waals surface area (Å²) in [5.41, 5.74) is -1.64. The molecule has 0 aliphatic heterocycles. The van der Waals surface area contributed by atoms with Gasteiger partial charge in [-0.25, -0.2) is 9.37 Å². The molecule has 3 nitrogen and oxygen atoms in total. The van der Waals surface area contributed by atoms with Gasteiger partial charge in [0.25, 0.3) is 0 Å². The number of carbonyl (C=O) groups is 1. The van der Waals surface area contributed by atoms with E-state index in [1.54, 1.807) is 0 Å². The lowest BCUT2D eigenvalue weighted by Crippen LogP contribution is -2.12. The largest absolute Gasteiger partial charge is 0.469 e. The highest BCUT2D eigenvalue weighted by Gasteiger charge is 2.33. The van der Waals surface area contributed by atoms with E-state index < -0.39 is 35.6 Å². The fourth-order valence-corrected chi connectivity index (χ4v) is 0.999. The van der Waals surface area contributed by atoms with Crippen LogP contribution in [-0.4, -0.2) is 18.1 Å². The third kappa shape index (κ3) is 2.91. The Balaban J connectivity index is 3.04. The summed E-state index contributed by atoms with van der Waals surface area (Å²) in [5, 5.41) is 0. The average molecular weight is 237 g/mol. The Morgan fingerprint density at radius 2 is 2.12 bits per heavy atom. The standard InChI is InChI=1S/C9H7F4NO2/c1-16-8(15)3-5-2-7(9(11,12)13)14-4-6(5)10/h2,4H,3H2,1H3. The molecule has 0 amide bonds. The number of pyridine rings is 1. The SMILES string of the molecule is COC(=O)Cc1cc(C(F)(F)F)ncc1F. The summed E-state index contributed by atoms with van der Waals surface area (Å²) in [6.45, 7) is 0. The van der Waals surface area contributed by atoms with E-state index in [-0.39, 0.29) is 0 Å². The minimum atomic E-state index is -4.67.